The molecule has 122 valence electrons. The van der Waals surface area contributed by atoms with E-state index in [9.17, 15) is 4.79 Å². The van der Waals surface area contributed by atoms with E-state index in [1.54, 1.807) is 0 Å². The van der Waals surface area contributed by atoms with Crippen molar-refractivity contribution < 1.29 is 4.79 Å². The van der Waals surface area contributed by atoms with Gasteiger partial charge in [0.25, 0.3) is 0 Å². The molecule has 4 nitrogen and oxygen atoms in total. The fourth-order valence-electron chi connectivity index (χ4n) is 2.77. The maximum Gasteiger partial charge on any atom is 0.317 e. The molecule has 0 spiro atoms. The number of rotatable bonds is 5. The van der Waals surface area contributed by atoms with E-state index in [4.69, 9.17) is 0 Å². The van der Waals surface area contributed by atoms with Gasteiger partial charge in [0.1, 0.15) is 0 Å². The first-order valence-electron chi connectivity index (χ1n) is 8.46. The number of carbonyl (C=O) groups excluding carboxylic acids is 1. The minimum absolute atomic E-state index is 0.0934. The first kappa shape index (κ1) is 16.7. The summed E-state index contributed by atoms with van der Waals surface area (Å²) in [5.74, 6) is 0. The summed E-state index contributed by atoms with van der Waals surface area (Å²) in [6.45, 7) is 10.7. The molecule has 1 heterocycles. The van der Waals surface area contributed by atoms with E-state index in [-0.39, 0.29) is 6.03 Å². The lowest BCUT2D eigenvalue weighted by Crippen LogP contribution is -2.52. The van der Waals surface area contributed by atoms with Crippen molar-refractivity contribution in [2.75, 3.05) is 37.6 Å². The van der Waals surface area contributed by atoms with E-state index < -0.39 is 0 Å². The SMILES string of the molecule is CCCCCNC(=O)N1CCN(c2ccc(C)c(C)c2)CC1. The number of benzene rings is 1. The van der Waals surface area contributed by atoms with Crippen LogP contribution in [0.25, 0.3) is 0 Å². The summed E-state index contributed by atoms with van der Waals surface area (Å²) in [5, 5.41) is 3.03. The van der Waals surface area contributed by atoms with Gasteiger partial charge in [0.2, 0.25) is 0 Å². The minimum Gasteiger partial charge on any atom is -0.368 e. The Labute approximate surface area is 134 Å². The molecule has 2 amide bonds. The normalized spacial score (nSPS) is 15.0. The number of carbonyl (C=O) groups is 1. The molecule has 2 rings (SSSR count). The Balaban J connectivity index is 1.79. The van der Waals surface area contributed by atoms with Gasteiger partial charge in [-0.2, -0.15) is 0 Å². The summed E-state index contributed by atoms with van der Waals surface area (Å²) in [7, 11) is 0. The van der Waals surface area contributed by atoms with Crippen LogP contribution in [-0.2, 0) is 0 Å². The van der Waals surface area contributed by atoms with Crippen molar-refractivity contribution >= 4 is 11.7 Å². The summed E-state index contributed by atoms with van der Waals surface area (Å²) >= 11 is 0. The Morgan fingerprint density at radius 2 is 1.82 bits per heavy atom. The zero-order valence-corrected chi connectivity index (χ0v) is 14.2. The van der Waals surface area contributed by atoms with Crippen LogP contribution in [0, 0.1) is 13.8 Å². The van der Waals surface area contributed by atoms with Crippen LogP contribution in [0.1, 0.15) is 37.3 Å². The van der Waals surface area contributed by atoms with E-state index >= 15 is 0 Å². The zero-order valence-electron chi connectivity index (χ0n) is 14.2. The largest absolute Gasteiger partial charge is 0.368 e. The number of nitrogens with zero attached hydrogens (tertiary/aromatic N) is 2. The lowest BCUT2D eigenvalue weighted by molar-refractivity contribution is 0.194. The number of amides is 2. The van der Waals surface area contributed by atoms with Gasteiger partial charge in [0, 0.05) is 38.4 Å². The van der Waals surface area contributed by atoms with Crippen LogP contribution in [0.2, 0.25) is 0 Å². The molecular formula is C18H29N3O. The van der Waals surface area contributed by atoms with Gasteiger partial charge in [0.15, 0.2) is 0 Å². The quantitative estimate of drug-likeness (QED) is 0.847. The second-order valence-corrected chi connectivity index (χ2v) is 6.18. The minimum atomic E-state index is 0.0934. The summed E-state index contributed by atoms with van der Waals surface area (Å²) in [6.07, 6.45) is 3.44. The van der Waals surface area contributed by atoms with Crippen molar-refractivity contribution in [3.05, 3.63) is 29.3 Å². The molecule has 1 saturated heterocycles. The molecule has 1 N–H and O–H groups in total. The summed E-state index contributed by atoms with van der Waals surface area (Å²) in [6, 6.07) is 6.70. The predicted molar refractivity (Wildman–Crippen MR) is 92.6 cm³/mol. The monoisotopic (exact) mass is 303 g/mol. The first-order chi connectivity index (χ1) is 10.6. The topological polar surface area (TPSA) is 35.6 Å². The van der Waals surface area contributed by atoms with E-state index in [1.807, 2.05) is 4.90 Å². The van der Waals surface area contributed by atoms with Crippen LogP contribution in [0.4, 0.5) is 10.5 Å². The maximum absolute atomic E-state index is 12.1. The average molecular weight is 303 g/mol. The number of anilines is 1. The van der Waals surface area contributed by atoms with Gasteiger partial charge in [-0.3, -0.25) is 0 Å². The molecule has 0 saturated carbocycles. The second-order valence-electron chi connectivity index (χ2n) is 6.18. The van der Waals surface area contributed by atoms with Gasteiger partial charge in [-0.25, -0.2) is 4.79 Å². The molecule has 0 bridgehead atoms. The van der Waals surface area contributed by atoms with E-state index in [1.165, 1.54) is 29.7 Å². The van der Waals surface area contributed by atoms with Gasteiger partial charge in [-0.05, 0) is 43.5 Å². The van der Waals surface area contributed by atoms with Crippen molar-refractivity contribution in [2.24, 2.45) is 0 Å². The Kier molecular flexibility index (Phi) is 6.10. The van der Waals surface area contributed by atoms with Gasteiger partial charge >= 0.3 is 6.03 Å². The number of hydrogen-bond donors (Lipinski definition) is 1. The molecule has 1 fully saturated rings. The molecule has 0 unspecified atom stereocenters. The van der Waals surface area contributed by atoms with Crippen LogP contribution in [0.15, 0.2) is 18.2 Å². The van der Waals surface area contributed by atoms with Crippen molar-refractivity contribution in [1.82, 2.24) is 10.2 Å². The molecule has 1 aliphatic rings. The third-order valence-electron chi connectivity index (χ3n) is 4.48. The maximum atomic E-state index is 12.1. The van der Waals surface area contributed by atoms with Gasteiger partial charge < -0.3 is 15.1 Å². The summed E-state index contributed by atoms with van der Waals surface area (Å²) < 4.78 is 0. The van der Waals surface area contributed by atoms with Crippen LogP contribution in [0.5, 0.6) is 0 Å². The highest BCUT2D eigenvalue weighted by atomic mass is 16.2. The van der Waals surface area contributed by atoms with Crippen LogP contribution >= 0.6 is 0 Å². The zero-order chi connectivity index (χ0) is 15.9. The third-order valence-corrected chi connectivity index (χ3v) is 4.48. The van der Waals surface area contributed by atoms with Crippen molar-refractivity contribution in [3.63, 3.8) is 0 Å². The van der Waals surface area contributed by atoms with Crippen molar-refractivity contribution in [1.29, 1.82) is 0 Å². The third kappa shape index (κ3) is 4.39. The Morgan fingerprint density at radius 3 is 2.45 bits per heavy atom. The number of aryl methyl sites for hydroxylation is 2. The molecule has 1 aromatic carbocycles. The average Bonchev–Trinajstić information content (AvgIpc) is 2.54. The molecule has 1 aliphatic heterocycles. The van der Waals surface area contributed by atoms with E-state index in [0.29, 0.717) is 0 Å². The number of piperazine rings is 1. The number of hydrogen-bond acceptors (Lipinski definition) is 2. The van der Waals surface area contributed by atoms with Crippen molar-refractivity contribution in [2.45, 2.75) is 40.0 Å². The number of nitrogens with one attached hydrogen (secondary N) is 1. The first-order valence-corrected chi connectivity index (χ1v) is 8.46. The highest BCUT2D eigenvalue weighted by Crippen LogP contribution is 2.20. The second kappa shape index (κ2) is 8.06. The predicted octanol–water partition coefficient (Wildman–Crippen LogP) is 3.33. The molecular weight excluding hydrogens is 274 g/mol. The fraction of sp³-hybridized carbons (Fsp3) is 0.611. The molecule has 0 aliphatic carbocycles. The summed E-state index contributed by atoms with van der Waals surface area (Å²) in [4.78, 5) is 16.4. The number of unbranched alkanes of at least 4 members (excludes halogenated alkanes) is 2. The van der Waals surface area contributed by atoms with Crippen molar-refractivity contribution in [3.8, 4) is 0 Å². The standard InChI is InChI=1S/C18H29N3O/c1-4-5-6-9-19-18(22)21-12-10-20(11-13-21)17-8-7-15(2)16(3)14-17/h7-8,14H,4-6,9-13H2,1-3H3,(H,19,22). The molecule has 0 aromatic heterocycles. The smallest absolute Gasteiger partial charge is 0.317 e. The Morgan fingerprint density at radius 1 is 1.09 bits per heavy atom. The molecule has 1 aromatic rings. The highest BCUT2D eigenvalue weighted by Gasteiger charge is 2.21. The number of urea groups is 1. The van der Waals surface area contributed by atoms with Crippen LogP contribution in [0.3, 0.4) is 0 Å². The lowest BCUT2D eigenvalue weighted by Gasteiger charge is -2.36. The lowest BCUT2D eigenvalue weighted by atomic mass is 10.1. The van der Waals surface area contributed by atoms with Crippen LogP contribution in [-0.4, -0.2) is 43.7 Å². The van der Waals surface area contributed by atoms with E-state index in [2.05, 4.69) is 49.2 Å². The molecule has 4 heteroatoms. The molecule has 0 atom stereocenters. The molecule has 22 heavy (non-hydrogen) atoms. The Bertz CT molecular complexity index is 493. The highest BCUT2D eigenvalue weighted by molar-refractivity contribution is 5.74. The summed E-state index contributed by atoms with van der Waals surface area (Å²) in [5.41, 5.74) is 3.92. The van der Waals surface area contributed by atoms with Gasteiger partial charge in [-0.15, -0.1) is 0 Å². The fourth-order valence-corrected chi connectivity index (χ4v) is 2.77. The van der Waals surface area contributed by atoms with E-state index in [0.717, 1.165) is 39.1 Å². The Hall–Kier alpha value is -1.71. The van der Waals surface area contributed by atoms with Gasteiger partial charge in [-0.1, -0.05) is 25.8 Å². The van der Waals surface area contributed by atoms with Gasteiger partial charge in [0.05, 0.1) is 0 Å². The van der Waals surface area contributed by atoms with Crippen LogP contribution < -0.4 is 10.2 Å². The molecule has 0 radical (unpaired) electrons.